The highest BCUT2D eigenvalue weighted by atomic mass is 35.5. The number of nitrogens with one attached hydrogen (secondary N) is 1. The average Bonchev–Trinajstić information content (AvgIpc) is 2.77. The Morgan fingerprint density at radius 3 is 2.88 bits per heavy atom. The van der Waals surface area contributed by atoms with Gasteiger partial charge in [-0.15, -0.1) is 0 Å². The Kier molecular flexibility index (Phi) is 2.89. The third-order valence-corrected chi connectivity index (χ3v) is 2.36. The lowest BCUT2D eigenvalue weighted by molar-refractivity contribution is 0.0949. The van der Waals surface area contributed by atoms with Gasteiger partial charge in [-0.2, -0.15) is 0 Å². The molecule has 1 heterocycles. The second-order valence-corrected chi connectivity index (χ2v) is 3.39. The predicted octanol–water partition coefficient (Wildman–Crippen LogP) is 1.60. The van der Waals surface area contributed by atoms with E-state index in [0.29, 0.717) is 16.3 Å². The number of carbonyl (C=O) groups excluding carboxylic acids is 1. The smallest absolute Gasteiger partial charge is 0.287 e. The Bertz CT molecular complexity index is 524. The van der Waals surface area contributed by atoms with Gasteiger partial charge in [0.05, 0.1) is 5.02 Å². The van der Waals surface area contributed by atoms with Crippen molar-refractivity contribution in [2.45, 2.75) is 0 Å². The van der Waals surface area contributed by atoms with E-state index in [4.69, 9.17) is 21.9 Å². The molecule has 3 N–H and O–H groups in total. The van der Waals surface area contributed by atoms with Crippen LogP contribution >= 0.6 is 11.6 Å². The molecule has 82 valence electrons. The molecule has 0 spiro atoms. The van der Waals surface area contributed by atoms with Gasteiger partial charge in [-0.25, -0.2) is 10.8 Å². The molecule has 0 saturated carbocycles. The molecule has 16 heavy (non-hydrogen) atoms. The molecule has 0 aliphatic rings. The lowest BCUT2D eigenvalue weighted by Gasteiger charge is -2.01. The van der Waals surface area contributed by atoms with Crippen LogP contribution in [0.2, 0.25) is 5.02 Å². The summed E-state index contributed by atoms with van der Waals surface area (Å²) in [6.45, 7) is 0. The van der Waals surface area contributed by atoms with Crippen LogP contribution in [0.4, 0.5) is 0 Å². The summed E-state index contributed by atoms with van der Waals surface area (Å²) in [7, 11) is 0. The van der Waals surface area contributed by atoms with Crippen LogP contribution in [0.25, 0.3) is 11.3 Å². The van der Waals surface area contributed by atoms with Gasteiger partial charge < -0.3 is 4.42 Å². The number of rotatable bonds is 2. The Morgan fingerprint density at radius 2 is 2.19 bits per heavy atom. The second kappa shape index (κ2) is 4.34. The van der Waals surface area contributed by atoms with E-state index in [9.17, 15) is 4.79 Å². The number of nitrogens with zero attached hydrogens (tertiary/aromatic N) is 1. The molecule has 1 aromatic heterocycles. The minimum atomic E-state index is -0.524. The average molecular weight is 238 g/mol. The van der Waals surface area contributed by atoms with Crippen LogP contribution in [-0.4, -0.2) is 10.9 Å². The number of oxazole rings is 1. The third-order valence-electron chi connectivity index (χ3n) is 2.03. The maximum atomic E-state index is 11.4. The molecule has 0 atom stereocenters. The highest BCUT2D eigenvalue weighted by Gasteiger charge is 2.18. The number of amides is 1. The van der Waals surface area contributed by atoms with Crippen LogP contribution in [0.3, 0.4) is 0 Å². The van der Waals surface area contributed by atoms with Crippen molar-refractivity contribution in [2.24, 2.45) is 5.84 Å². The lowest BCUT2D eigenvalue weighted by Crippen LogP contribution is -2.30. The molecular formula is C10H8ClN3O2. The number of hydrogen-bond acceptors (Lipinski definition) is 4. The van der Waals surface area contributed by atoms with Crippen molar-refractivity contribution in [1.29, 1.82) is 0 Å². The Balaban J connectivity index is 2.53. The Labute approximate surface area is 96.2 Å². The van der Waals surface area contributed by atoms with Crippen molar-refractivity contribution in [3.63, 3.8) is 0 Å². The maximum Gasteiger partial charge on any atom is 0.287 e. The summed E-state index contributed by atoms with van der Waals surface area (Å²) in [6.07, 6.45) is 1.17. The molecule has 0 aliphatic heterocycles. The van der Waals surface area contributed by atoms with Gasteiger partial charge >= 0.3 is 0 Å². The van der Waals surface area contributed by atoms with Crippen LogP contribution in [0.1, 0.15) is 10.5 Å². The summed E-state index contributed by atoms with van der Waals surface area (Å²) in [4.78, 5) is 15.2. The molecule has 6 heteroatoms. The number of halogens is 1. The van der Waals surface area contributed by atoms with E-state index < -0.39 is 5.91 Å². The molecule has 0 saturated heterocycles. The Hall–Kier alpha value is -1.85. The molecule has 0 fully saturated rings. The van der Waals surface area contributed by atoms with Gasteiger partial charge in [0.15, 0.2) is 17.8 Å². The van der Waals surface area contributed by atoms with Crippen molar-refractivity contribution in [3.05, 3.63) is 41.4 Å². The van der Waals surface area contributed by atoms with Gasteiger partial charge in [-0.05, 0) is 12.1 Å². The zero-order valence-corrected chi connectivity index (χ0v) is 8.86. The number of nitrogens with two attached hydrogens (primary N) is 1. The number of aromatic nitrogens is 1. The standard InChI is InChI=1S/C10H8ClN3O2/c11-7-4-2-1-3-6(7)9-8(10(15)14-12)13-5-16-9/h1-5H,12H2,(H,14,15). The molecule has 0 aliphatic carbocycles. The predicted molar refractivity (Wildman–Crippen MR) is 58.6 cm³/mol. The van der Waals surface area contributed by atoms with Crippen LogP contribution in [0.15, 0.2) is 35.1 Å². The molecular weight excluding hydrogens is 230 g/mol. The molecule has 2 aromatic rings. The first-order chi connectivity index (χ1) is 7.74. The highest BCUT2D eigenvalue weighted by Crippen LogP contribution is 2.29. The fourth-order valence-corrected chi connectivity index (χ4v) is 1.53. The largest absolute Gasteiger partial charge is 0.443 e. The van der Waals surface area contributed by atoms with E-state index in [1.54, 1.807) is 24.3 Å². The summed E-state index contributed by atoms with van der Waals surface area (Å²) < 4.78 is 5.14. The van der Waals surface area contributed by atoms with Gasteiger partial charge in [0.2, 0.25) is 0 Å². The number of benzene rings is 1. The fourth-order valence-electron chi connectivity index (χ4n) is 1.31. The van der Waals surface area contributed by atoms with E-state index in [0.717, 1.165) is 0 Å². The summed E-state index contributed by atoms with van der Waals surface area (Å²) in [6, 6.07) is 7.00. The normalized spacial score (nSPS) is 10.1. The minimum absolute atomic E-state index is 0.107. The van der Waals surface area contributed by atoms with Gasteiger partial charge in [0.25, 0.3) is 5.91 Å². The van der Waals surface area contributed by atoms with Crippen molar-refractivity contribution < 1.29 is 9.21 Å². The number of hydrogen-bond donors (Lipinski definition) is 2. The summed E-state index contributed by atoms with van der Waals surface area (Å²) in [5, 5.41) is 0.477. The SMILES string of the molecule is NNC(=O)c1ncoc1-c1ccccc1Cl. The zero-order chi connectivity index (χ0) is 11.5. The van der Waals surface area contributed by atoms with E-state index in [1.165, 1.54) is 6.39 Å². The number of hydrazine groups is 1. The summed E-state index contributed by atoms with van der Waals surface area (Å²) >= 11 is 5.98. The zero-order valence-electron chi connectivity index (χ0n) is 8.11. The van der Waals surface area contributed by atoms with Crippen LogP contribution in [0, 0.1) is 0 Å². The number of carbonyl (C=O) groups is 1. The van der Waals surface area contributed by atoms with E-state index in [1.807, 2.05) is 5.43 Å². The third kappa shape index (κ3) is 1.78. The van der Waals surface area contributed by atoms with Gasteiger partial charge in [0.1, 0.15) is 0 Å². The van der Waals surface area contributed by atoms with Crippen LogP contribution in [-0.2, 0) is 0 Å². The van der Waals surface area contributed by atoms with Crippen molar-refractivity contribution >= 4 is 17.5 Å². The number of nitrogen functional groups attached to an aromatic ring is 1. The van der Waals surface area contributed by atoms with Gasteiger partial charge in [-0.3, -0.25) is 10.2 Å². The first kappa shape index (κ1) is 10.7. The topological polar surface area (TPSA) is 81.1 Å². The first-order valence-electron chi connectivity index (χ1n) is 4.43. The van der Waals surface area contributed by atoms with Crippen LogP contribution < -0.4 is 11.3 Å². The van der Waals surface area contributed by atoms with Crippen molar-refractivity contribution in [3.8, 4) is 11.3 Å². The van der Waals surface area contributed by atoms with Crippen molar-refractivity contribution in [2.75, 3.05) is 0 Å². The van der Waals surface area contributed by atoms with Crippen molar-refractivity contribution in [1.82, 2.24) is 10.4 Å². The molecule has 0 radical (unpaired) electrons. The fraction of sp³-hybridized carbons (Fsp3) is 0. The molecule has 1 aromatic carbocycles. The maximum absolute atomic E-state index is 11.4. The first-order valence-corrected chi connectivity index (χ1v) is 4.81. The summed E-state index contributed by atoms with van der Waals surface area (Å²) in [5.74, 6) is 4.81. The molecule has 1 amide bonds. The molecule has 0 bridgehead atoms. The lowest BCUT2D eigenvalue weighted by atomic mass is 10.1. The Morgan fingerprint density at radius 1 is 1.44 bits per heavy atom. The van der Waals surface area contributed by atoms with E-state index in [-0.39, 0.29) is 5.69 Å². The monoisotopic (exact) mass is 237 g/mol. The molecule has 2 rings (SSSR count). The summed E-state index contributed by atoms with van der Waals surface area (Å²) in [5.41, 5.74) is 2.70. The quantitative estimate of drug-likeness (QED) is 0.472. The van der Waals surface area contributed by atoms with E-state index in [2.05, 4.69) is 4.98 Å². The molecule has 5 nitrogen and oxygen atoms in total. The second-order valence-electron chi connectivity index (χ2n) is 2.98. The highest BCUT2D eigenvalue weighted by molar-refractivity contribution is 6.33. The van der Waals surface area contributed by atoms with E-state index >= 15 is 0 Å². The van der Waals surface area contributed by atoms with Crippen LogP contribution in [0.5, 0.6) is 0 Å². The minimum Gasteiger partial charge on any atom is -0.443 e. The van der Waals surface area contributed by atoms with Gasteiger partial charge in [-0.1, -0.05) is 23.7 Å². The molecule has 0 unspecified atom stereocenters. The van der Waals surface area contributed by atoms with Gasteiger partial charge in [0, 0.05) is 5.56 Å².